The third-order valence-electron chi connectivity index (χ3n) is 3.67. The van der Waals surface area contributed by atoms with Gasteiger partial charge in [0, 0.05) is 17.5 Å². The van der Waals surface area contributed by atoms with Crippen molar-refractivity contribution < 1.29 is 19.8 Å². The smallest absolute Gasteiger partial charge is 0.313 e. The van der Waals surface area contributed by atoms with E-state index < -0.39 is 22.8 Å². The summed E-state index contributed by atoms with van der Waals surface area (Å²) < 4.78 is 0.348. The summed E-state index contributed by atoms with van der Waals surface area (Å²) in [4.78, 5) is 27.7. The largest absolute Gasteiger partial charge is 0.481 e. The van der Waals surface area contributed by atoms with Crippen LogP contribution in [0.3, 0.4) is 0 Å². The van der Waals surface area contributed by atoms with E-state index in [0.29, 0.717) is 10.9 Å². The number of hydrogen-bond donors (Lipinski definition) is 2. The molecule has 1 aromatic rings. The molecule has 0 saturated heterocycles. The highest BCUT2D eigenvalue weighted by molar-refractivity contribution is 7.15. The number of nitrogens with zero attached hydrogens (tertiary/aromatic N) is 1. The van der Waals surface area contributed by atoms with Gasteiger partial charge in [0.2, 0.25) is 0 Å². The molecule has 0 radical (unpaired) electrons. The highest BCUT2D eigenvalue weighted by Gasteiger charge is 2.48. The lowest BCUT2D eigenvalue weighted by atomic mass is 9.65. The third-order valence-corrected chi connectivity index (χ3v) is 4.78. The molecule has 2 atom stereocenters. The Labute approximate surface area is 124 Å². The topological polar surface area (TPSA) is 87.5 Å². The molecule has 0 amide bonds. The van der Waals surface area contributed by atoms with Gasteiger partial charge < -0.3 is 10.2 Å². The van der Waals surface area contributed by atoms with E-state index in [1.165, 1.54) is 17.5 Å². The van der Waals surface area contributed by atoms with Crippen LogP contribution in [0.25, 0.3) is 0 Å². The van der Waals surface area contributed by atoms with Crippen molar-refractivity contribution in [2.75, 3.05) is 0 Å². The highest BCUT2D eigenvalue weighted by atomic mass is 35.5. The van der Waals surface area contributed by atoms with Crippen LogP contribution >= 0.6 is 22.9 Å². The molecule has 0 aliphatic heterocycles. The first kappa shape index (κ1) is 15.0. The molecule has 20 heavy (non-hydrogen) atoms. The average Bonchev–Trinajstić information content (AvgIpc) is 2.74. The van der Waals surface area contributed by atoms with Crippen LogP contribution in [-0.4, -0.2) is 27.1 Å². The summed E-state index contributed by atoms with van der Waals surface area (Å²) >= 11 is 6.97. The van der Waals surface area contributed by atoms with Crippen LogP contribution in [0.1, 0.15) is 24.6 Å². The monoisotopic (exact) mass is 315 g/mol. The van der Waals surface area contributed by atoms with E-state index in [4.69, 9.17) is 11.6 Å². The highest BCUT2D eigenvalue weighted by Crippen LogP contribution is 2.45. The van der Waals surface area contributed by atoms with Gasteiger partial charge >= 0.3 is 11.9 Å². The van der Waals surface area contributed by atoms with Crippen molar-refractivity contribution in [1.29, 1.82) is 0 Å². The number of allylic oxidation sites excluding steroid dienone is 1. The molecule has 2 N–H and O–H groups in total. The molecule has 1 aliphatic rings. The van der Waals surface area contributed by atoms with Gasteiger partial charge in [-0.15, -0.1) is 11.3 Å². The predicted molar refractivity (Wildman–Crippen MR) is 75.0 cm³/mol. The van der Waals surface area contributed by atoms with E-state index in [-0.39, 0.29) is 12.8 Å². The first-order valence-corrected chi connectivity index (χ1v) is 7.22. The fourth-order valence-corrected chi connectivity index (χ4v) is 3.66. The summed E-state index contributed by atoms with van der Waals surface area (Å²) in [5, 5.41) is 18.9. The maximum Gasteiger partial charge on any atom is 0.313 e. The van der Waals surface area contributed by atoms with Crippen LogP contribution < -0.4 is 0 Å². The molecule has 0 fully saturated rings. The van der Waals surface area contributed by atoms with Crippen molar-refractivity contribution in [3.8, 4) is 0 Å². The van der Waals surface area contributed by atoms with Gasteiger partial charge in [0.25, 0.3) is 0 Å². The molecule has 108 valence electrons. The van der Waals surface area contributed by atoms with Gasteiger partial charge in [-0.25, -0.2) is 4.98 Å². The van der Waals surface area contributed by atoms with E-state index in [1.54, 1.807) is 19.1 Å². The van der Waals surface area contributed by atoms with E-state index in [9.17, 15) is 19.8 Å². The van der Waals surface area contributed by atoms with Crippen molar-refractivity contribution in [1.82, 2.24) is 4.98 Å². The molecule has 2 unspecified atom stereocenters. The second-order valence-corrected chi connectivity index (χ2v) is 7.06. The van der Waals surface area contributed by atoms with Gasteiger partial charge in [-0.2, -0.15) is 0 Å². The molecule has 1 heterocycles. The Bertz CT molecular complexity index is 585. The molecule has 2 rings (SSSR count). The molecule has 0 saturated carbocycles. The summed E-state index contributed by atoms with van der Waals surface area (Å²) in [6.07, 6.45) is 5.38. The maximum atomic E-state index is 11.7. The lowest BCUT2D eigenvalue weighted by Crippen LogP contribution is -2.42. The number of carbonyl (C=O) groups is 2. The molecule has 0 bridgehead atoms. The van der Waals surface area contributed by atoms with Crippen LogP contribution in [0.5, 0.6) is 0 Å². The maximum absolute atomic E-state index is 11.7. The van der Waals surface area contributed by atoms with Crippen LogP contribution in [0, 0.1) is 10.8 Å². The number of carboxylic acid groups (broad SMARTS) is 2. The summed E-state index contributed by atoms with van der Waals surface area (Å²) in [5.74, 6) is -2.00. The van der Waals surface area contributed by atoms with Gasteiger partial charge in [-0.3, -0.25) is 9.59 Å². The SMILES string of the molecule is CC1(C(=O)O)CC=CC(Cc2cnc(Cl)s2)(C(=O)O)C1. The molecule has 1 aliphatic carbocycles. The lowest BCUT2D eigenvalue weighted by Gasteiger charge is -2.37. The Balaban J connectivity index is 2.35. The van der Waals surface area contributed by atoms with Gasteiger partial charge in [0.1, 0.15) is 0 Å². The standard InChI is InChI=1S/C13H14ClNO4S/c1-12(9(16)17)3-2-4-13(7-12,10(18)19)5-8-6-15-11(14)20-8/h2,4,6H,3,5,7H2,1H3,(H,16,17)(H,18,19). The Hall–Kier alpha value is -1.40. The van der Waals surface area contributed by atoms with E-state index in [1.807, 2.05) is 0 Å². The number of carboxylic acids is 2. The van der Waals surface area contributed by atoms with Gasteiger partial charge in [0.15, 0.2) is 4.47 Å². The Morgan fingerprint density at radius 2 is 2.15 bits per heavy atom. The predicted octanol–water partition coefficient (Wildman–Crippen LogP) is 2.85. The van der Waals surface area contributed by atoms with Crippen LogP contribution in [0.15, 0.2) is 18.3 Å². The normalized spacial score (nSPS) is 29.3. The first-order valence-electron chi connectivity index (χ1n) is 6.02. The number of aromatic nitrogens is 1. The minimum atomic E-state index is -1.22. The number of thiazole rings is 1. The van der Waals surface area contributed by atoms with Crippen LogP contribution in [0.2, 0.25) is 4.47 Å². The fourth-order valence-electron chi connectivity index (χ4n) is 2.56. The zero-order valence-electron chi connectivity index (χ0n) is 10.8. The fraction of sp³-hybridized carbons (Fsp3) is 0.462. The summed E-state index contributed by atoms with van der Waals surface area (Å²) in [6, 6.07) is 0. The number of rotatable bonds is 4. The van der Waals surface area contributed by atoms with Crippen molar-refractivity contribution in [2.45, 2.75) is 26.2 Å². The second-order valence-electron chi connectivity index (χ2n) is 5.37. The van der Waals surface area contributed by atoms with Crippen LogP contribution in [0.4, 0.5) is 0 Å². The summed E-state index contributed by atoms with van der Waals surface area (Å²) in [5.41, 5.74) is -2.29. The van der Waals surface area contributed by atoms with E-state index in [2.05, 4.69) is 4.98 Å². The minimum Gasteiger partial charge on any atom is -0.481 e. The van der Waals surface area contributed by atoms with Gasteiger partial charge in [-0.05, 0) is 19.8 Å². The zero-order valence-corrected chi connectivity index (χ0v) is 12.4. The van der Waals surface area contributed by atoms with Crippen molar-refractivity contribution in [3.05, 3.63) is 27.7 Å². The van der Waals surface area contributed by atoms with Crippen molar-refractivity contribution in [2.24, 2.45) is 10.8 Å². The molecule has 0 spiro atoms. The second kappa shape index (κ2) is 5.18. The third kappa shape index (κ3) is 2.71. The Morgan fingerprint density at radius 1 is 1.45 bits per heavy atom. The number of hydrogen-bond acceptors (Lipinski definition) is 4. The average molecular weight is 316 g/mol. The van der Waals surface area contributed by atoms with Gasteiger partial charge in [-0.1, -0.05) is 23.8 Å². The molecular formula is C13H14ClNO4S. The first-order chi connectivity index (χ1) is 9.27. The van der Waals surface area contributed by atoms with E-state index in [0.717, 1.165) is 4.88 Å². The quantitative estimate of drug-likeness (QED) is 0.834. The summed E-state index contributed by atoms with van der Waals surface area (Å²) in [7, 11) is 0. The number of aliphatic carboxylic acids is 2. The van der Waals surface area contributed by atoms with Crippen molar-refractivity contribution >= 4 is 34.9 Å². The molecule has 1 aromatic heterocycles. The molecule has 5 nitrogen and oxygen atoms in total. The molecular weight excluding hydrogens is 302 g/mol. The molecule has 0 aromatic carbocycles. The lowest BCUT2D eigenvalue weighted by molar-refractivity contribution is -0.155. The van der Waals surface area contributed by atoms with Crippen LogP contribution in [-0.2, 0) is 16.0 Å². The number of halogens is 1. The van der Waals surface area contributed by atoms with Gasteiger partial charge in [0.05, 0.1) is 10.8 Å². The van der Waals surface area contributed by atoms with Crippen molar-refractivity contribution in [3.63, 3.8) is 0 Å². The minimum absolute atomic E-state index is 0.0523. The zero-order chi connectivity index (χ0) is 15.0. The Kier molecular flexibility index (Phi) is 3.88. The summed E-state index contributed by atoms with van der Waals surface area (Å²) in [6.45, 7) is 1.58. The molecule has 7 heteroatoms. The Morgan fingerprint density at radius 3 is 2.65 bits per heavy atom. The van der Waals surface area contributed by atoms with E-state index >= 15 is 0 Å².